The summed E-state index contributed by atoms with van der Waals surface area (Å²) >= 11 is 0. The van der Waals surface area contributed by atoms with Crippen molar-refractivity contribution in [2.75, 3.05) is 79.3 Å². The summed E-state index contributed by atoms with van der Waals surface area (Å²) in [6, 6.07) is 43.0. The van der Waals surface area contributed by atoms with Crippen LogP contribution >= 0.6 is 0 Å². The van der Waals surface area contributed by atoms with E-state index >= 15 is 0 Å². The quantitative estimate of drug-likeness (QED) is 0.0439. The largest absolute Gasteiger partial charge is 0.491 e. The molecule has 0 amide bonds. The second-order valence-electron chi connectivity index (χ2n) is 19.5. The van der Waals surface area contributed by atoms with Gasteiger partial charge in [0.1, 0.15) is 111 Å². The van der Waals surface area contributed by atoms with Crippen LogP contribution in [0.2, 0.25) is 0 Å². The zero-order chi connectivity index (χ0) is 47.3. The van der Waals surface area contributed by atoms with Gasteiger partial charge in [0.25, 0.3) is 0 Å². The molecule has 6 aromatic carbocycles. The normalized spacial score (nSPS) is 22.0. The number of hydrogen-bond donors (Lipinski definition) is 0. The molecule has 0 aromatic heterocycles. The highest BCUT2D eigenvalue weighted by molar-refractivity contribution is 5.53. The molecule has 6 atom stereocenters. The first-order chi connectivity index (χ1) is 35.0. The summed E-state index contributed by atoms with van der Waals surface area (Å²) in [6.07, 6.45) is 4.37. The molecule has 368 valence electrons. The van der Waals surface area contributed by atoms with E-state index in [0.717, 1.165) is 105 Å². The smallest absolute Gasteiger partial charge is 0.126 e. The molecule has 6 unspecified atom stereocenters. The molecule has 71 heavy (non-hydrogen) atoms. The van der Waals surface area contributed by atoms with Gasteiger partial charge in [-0.1, -0.05) is 72.8 Å². The molecule has 6 aliphatic heterocycles. The lowest BCUT2D eigenvalue weighted by Gasteiger charge is -2.21. The van der Waals surface area contributed by atoms with E-state index < -0.39 is 0 Å². The molecule has 6 aliphatic rings. The average Bonchev–Trinajstić information content (AvgIpc) is 4.17. The van der Waals surface area contributed by atoms with Crippen LogP contribution in [0.15, 0.2) is 121 Å². The molecule has 6 saturated heterocycles. The van der Waals surface area contributed by atoms with Crippen molar-refractivity contribution in [3.05, 3.63) is 177 Å². The van der Waals surface area contributed by atoms with Crippen molar-refractivity contribution in [3.63, 3.8) is 0 Å². The Balaban J connectivity index is 0.889. The maximum atomic E-state index is 6.79. The van der Waals surface area contributed by atoms with E-state index in [1.165, 1.54) is 11.1 Å². The Morgan fingerprint density at radius 2 is 0.479 bits per heavy atom. The Bertz CT molecular complexity index is 2360. The van der Waals surface area contributed by atoms with Crippen molar-refractivity contribution in [2.45, 2.75) is 68.7 Å². The van der Waals surface area contributed by atoms with Crippen LogP contribution in [0.4, 0.5) is 0 Å². The maximum Gasteiger partial charge on any atom is 0.126 e. The minimum absolute atomic E-state index is 0.0975. The van der Waals surface area contributed by atoms with E-state index in [4.69, 9.17) is 56.8 Å². The predicted octanol–water partition coefficient (Wildman–Crippen LogP) is 8.31. The average molecular weight is 961 g/mol. The van der Waals surface area contributed by atoms with Crippen LogP contribution < -0.4 is 28.4 Å². The zero-order valence-corrected chi connectivity index (χ0v) is 39.9. The maximum absolute atomic E-state index is 6.79. The summed E-state index contributed by atoms with van der Waals surface area (Å²) < 4.78 is 70.4. The van der Waals surface area contributed by atoms with Gasteiger partial charge in [0.15, 0.2) is 0 Å². The zero-order valence-electron chi connectivity index (χ0n) is 39.9. The van der Waals surface area contributed by atoms with Crippen molar-refractivity contribution < 1.29 is 56.8 Å². The highest BCUT2D eigenvalue weighted by Gasteiger charge is 2.28. The van der Waals surface area contributed by atoms with Gasteiger partial charge in [-0.3, -0.25) is 0 Å². The van der Waals surface area contributed by atoms with Crippen molar-refractivity contribution in [1.82, 2.24) is 0 Å². The van der Waals surface area contributed by atoms with Crippen LogP contribution in [-0.4, -0.2) is 116 Å². The van der Waals surface area contributed by atoms with Gasteiger partial charge in [-0.2, -0.15) is 0 Å². The Labute approximate surface area is 414 Å². The SMILES string of the molecule is c1cc(OCC2CO2)ccc1Cc1cc(Cc2cc(Cc3ccc(OCC4CO4)cc3)c(OCC3CO3)c(Cc3ccc(OCC4CO4)cc3)c2)cc(Cc2ccc(OCC3CO3)cc2)c1OCC1CO1. The number of benzene rings is 6. The van der Waals surface area contributed by atoms with E-state index in [1.54, 1.807) is 0 Å². The monoisotopic (exact) mass is 960 g/mol. The molecule has 6 heterocycles. The first-order valence-corrected chi connectivity index (χ1v) is 25.1. The molecule has 0 N–H and O–H groups in total. The highest BCUT2D eigenvalue weighted by Crippen LogP contribution is 2.37. The molecule has 12 rings (SSSR count). The standard InChI is InChI=1S/C59H60O12/c1-9-48(60-26-52-30-64-52)10-2-38(1)18-44-22-42(23-45(58(44)70-36-56-34-68-56)19-39-3-11-49(12-4-39)61-27-53-31-65-53)17-43-24-46(20-40-5-13-50(14-6-40)62-28-54-32-66-54)59(71-37-57-35-69-57)47(25-43)21-41-7-15-51(16-8-41)63-29-55-33-67-55/h1-16,22-25,52-57H,17-21,26-37H2. The molecule has 12 heteroatoms. The van der Waals surface area contributed by atoms with Gasteiger partial charge in [0.2, 0.25) is 0 Å². The van der Waals surface area contributed by atoms with E-state index in [9.17, 15) is 0 Å². The lowest BCUT2D eigenvalue weighted by molar-refractivity contribution is 0.259. The fourth-order valence-corrected chi connectivity index (χ4v) is 8.78. The van der Waals surface area contributed by atoms with Crippen LogP contribution in [0.3, 0.4) is 0 Å². The summed E-state index contributed by atoms with van der Waals surface area (Å²) in [6.45, 7) is 7.72. The Kier molecular flexibility index (Phi) is 13.8. The van der Waals surface area contributed by atoms with Crippen molar-refractivity contribution in [3.8, 4) is 34.5 Å². The lowest BCUT2D eigenvalue weighted by Crippen LogP contribution is -2.11. The number of epoxide rings is 6. The fourth-order valence-electron chi connectivity index (χ4n) is 8.78. The van der Waals surface area contributed by atoms with Crippen molar-refractivity contribution >= 4 is 0 Å². The molecule has 6 fully saturated rings. The fraction of sp³-hybridized carbons (Fsp3) is 0.390. The molecule has 6 aromatic rings. The third-order valence-corrected chi connectivity index (χ3v) is 13.3. The number of rotatable bonds is 28. The summed E-state index contributed by atoms with van der Waals surface area (Å²) in [5, 5.41) is 0. The minimum atomic E-state index is 0.0975. The minimum Gasteiger partial charge on any atom is -0.491 e. The van der Waals surface area contributed by atoms with Gasteiger partial charge in [0, 0.05) is 25.7 Å². The third-order valence-electron chi connectivity index (χ3n) is 13.3. The first kappa shape index (κ1) is 46.0. The molecule has 12 nitrogen and oxygen atoms in total. The van der Waals surface area contributed by atoms with Gasteiger partial charge in [-0.15, -0.1) is 0 Å². The van der Waals surface area contributed by atoms with Crippen molar-refractivity contribution in [2.24, 2.45) is 0 Å². The molecule has 0 radical (unpaired) electrons. The highest BCUT2D eigenvalue weighted by atomic mass is 16.6. The molecular formula is C59H60O12. The van der Waals surface area contributed by atoms with Crippen LogP contribution in [0.5, 0.6) is 34.5 Å². The second-order valence-corrected chi connectivity index (χ2v) is 19.5. The molecular weight excluding hydrogens is 901 g/mol. The van der Waals surface area contributed by atoms with E-state index in [0.29, 0.717) is 85.0 Å². The lowest BCUT2D eigenvalue weighted by atomic mass is 9.90. The first-order valence-electron chi connectivity index (χ1n) is 25.1. The van der Waals surface area contributed by atoms with E-state index in [1.807, 2.05) is 0 Å². The number of ether oxygens (including phenoxy) is 12. The molecule has 0 aliphatic carbocycles. The van der Waals surface area contributed by atoms with E-state index in [2.05, 4.69) is 121 Å². The third kappa shape index (κ3) is 13.6. The van der Waals surface area contributed by atoms with Gasteiger partial charge in [-0.25, -0.2) is 0 Å². The number of hydrogen-bond acceptors (Lipinski definition) is 12. The van der Waals surface area contributed by atoms with Gasteiger partial charge in [-0.05, 0) is 111 Å². The van der Waals surface area contributed by atoms with Gasteiger partial charge < -0.3 is 56.8 Å². The second kappa shape index (κ2) is 21.3. The molecule has 0 bridgehead atoms. The van der Waals surface area contributed by atoms with Gasteiger partial charge >= 0.3 is 0 Å². The Morgan fingerprint density at radius 3 is 0.690 bits per heavy atom. The van der Waals surface area contributed by atoms with Crippen LogP contribution in [-0.2, 0) is 60.5 Å². The van der Waals surface area contributed by atoms with Crippen LogP contribution in [0.1, 0.15) is 55.6 Å². The van der Waals surface area contributed by atoms with Crippen LogP contribution in [0, 0.1) is 0 Å². The summed E-state index contributed by atoms with van der Waals surface area (Å²) in [7, 11) is 0. The van der Waals surface area contributed by atoms with Crippen molar-refractivity contribution in [1.29, 1.82) is 0 Å². The summed E-state index contributed by atoms with van der Waals surface area (Å²) in [5.41, 5.74) is 11.5. The molecule has 0 saturated carbocycles. The van der Waals surface area contributed by atoms with Gasteiger partial charge in [0.05, 0.1) is 39.6 Å². The topological polar surface area (TPSA) is 131 Å². The Morgan fingerprint density at radius 1 is 0.268 bits per heavy atom. The summed E-state index contributed by atoms with van der Waals surface area (Å²) in [4.78, 5) is 0. The van der Waals surface area contributed by atoms with E-state index in [-0.39, 0.29) is 36.6 Å². The Hall–Kier alpha value is -6.12. The summed E-state index contributed by atoms with van der Waals surface area (Å²) in [5.74, 6) is 5.16. The predicted molar refractivity (Wildman–Crippen MR) is 264 cm³/mol. The van der Waals surface area contributed by atoms with Crippen LogP contribution in [0.25, 0.3) is 0 Å². The molecule has 0 spiro atoms.